The van der Waals surface area contributed by atoms with Crippen molar-refractivity contribution in [3.63, 3.8) is 0 Å². The monoisotopic (exact) mass is 569 g/mol. The van der Waals surface area contributed by atoms with Gasteiger partial charge in [-0.3, -0.25) is 14.4 Å². The largest absolute Gasteiger partial charge is 0.481 e. The average Bonchev–Trinajstić information content (AvgIpc) is 3.43. The van der Waals surface area contributed by atoms with Crippen molar-refractivity contribution in [2.24, 2.45) is 10.9 Å². The van der Waals surface area contributed by atoms with Crippen molar-refractivity contribution < 1.29 is 15.0 Å². The number of fused-ring (bicyclic) bond motifs is 3. The Morgan fingerprint density at radius 2 is 1.73 bits per heavy atom. The number of aliphatic hydroxyl groups is 1. The predicted molar refractivity (Wildman–Crippen MR) is 162 cm³/mol. The Kier molecular flexibility index (Phi) is 7.03. The standard InChI is InChI=1S/C32H35N5O3S/c1-19-21(3)41-30-26(19)28(33-27(20(2)31(38)39)29-35-34-22(4)37(29)30)24-10-12-25(13-11-24)36-16-14-32(40,15-17-36)18-23-8-6-5-7-9-23/h5-13,20,27,40H,14-18H2,1-4H3,(H,38,39)/t20?,27-/m0/s1. The molecule has 0 saturated carbocycles. The van der Waals surface area contributed by atoms with Crippen LogP contribution in [0.5, 0.6) is 0 Å². The van der Waals surface area contributed by atoms with Crippen LogP contribution >= 0.6 is 11.3 Å². The van der Waals surface area contributed by atoms with E-state index in [0.717, 1.165) is 46.2 Å². The Morgan fingerprint density at radius 3 is 2.39 bits per heavy atom. The van der Waals surface area contributed by atoms with Crippen molar-refractivity contribution >= 4 is 28.7 Å². The van der Waals surface area contributed by atoms with Crippen LogP contribution in [0.15, 0.2) is 59.6 Å². The summed E-state index contributed by atoms with van der Waals surface area (Å²) in [5.74, 6) is -0.418. The molecule has 0 spiro atoms. The number of aliphatic carboxylic acids is 1. The lowest BCUT2D eigenvalue weighted by Crippen LogP contribution is -2.45. The van der Waals surface area contributed by atoms with Crippen molar-refractivity contribution in [1.82, 2.24) is 14.8 Å². The van der Waals surface area contributed by atoms with Gasteiger partial charge in [-0.05, 0) is 63.8 Å². The second kappa shape index (κ2) is 10.5. The number of hydrogen-bond acceptors (Lipinski definition) is 7. The first-order chi connectivity index (χ1) is 19.6. The summed E-state index contributed by atoms with van der Waals surface area (Å²) in [4.78, 5) is 20.7. The minimum Gasteiger partial charge on any atom is -0.481 e. The molecule has 1 fully saturated rings. The topological polar surface area (TPSA) is 104 Å². The van der Waals surface area contributed by atoms with E-state index in [4.69, 9.17) is 4.99 Å². The summed E-state index contributed by atoms with van der Waals surface area (Å²) in [6.07, 6.45) is 2.09. The van der Waals surface area contributed by atoms with Crippen LogP contribution in [0.1, 0.15) is 64.6 Å². The maximum atomic E-state index is 12.1. The number of thiophene rings is 1. The Bertz CT molecular complexity index is 1610. The number of nitrogens with zero attached hydrogens (tertiary/aromatic N) is 5. The predicted octanol–water partition coefficient (Wildman–Crippen LogP) is 5.44. The van der Waals surface area contributed by atoms with E-state index in [1.807, 2.05) is 29.7 Å². The van der Waals surface area contributed by atoms with Gasteiger partial charge in [0.05, 0.1) is 17.2 Å². The van der Waals surface area contributed by atoms with Crippen molar-refractivity contribution in [1.29, 1.82) is 0 Å². The molecule has 4 heterocycles. The summed E-state index contributed by atoms with van der Waals surface area (Å²) in [6, 6.07) is 17.9. The van der Waals surface area contributed by atoms with Gasteiger partial charge in [-0.2, -0.15) is 0 Å². The molecule has 4 aromatic rings. The fraction of sp³-hybridized carbons (Fsp3) is 0.375. The highest BCUT2D eigenvalue weighted by Crippen LogP contribution is 2.41. The SMILES string of the molecule is Cc1sc2c(c1C)C(c1ccc(N3CCC(O)(Cc4ccccc4)CC3)cc1)=N[C@@H](C(C)C(=O)O)c1nnc(C)n1-2. The highest BCUT2D eigenvalue weighted by atomic mass is 32.1. The third-order valence-electron chi connectivity index (χ3n) is 8.63. The van der Waals surface area contributed by atoms with E-state index in [1.165, 1.54) is 10.4 Å². The first-order valence-corrected chi connectivity index (χ1v) is 14.9. The molecular weight excluding hydrogens is 534 g/mol. The Labute approximate surface area is 244 Å². The molecule has 0 radical (unpaired) electrons. The van der Waals surface area contributed by atoms with E-state index in [1.54, 1.807) is 18.3 Å². The van der Waals surface area contributed by atoms with E-state index in [9.17, 15) is 15.0 Å². The number of benzene rings is 2. The zero-order chi connectivity index (χ0) is 28.9. The Balaban J connectivity index is 1.31. The van der Waals surface area contributed by atoms with Crippen LogP contribution in [0.3, 0.4) is 0 Å². The number of aromatic nitrogens is 3. The zero-order valence-corrected chi connectivity index (χ0v) is 24.6. The van der Waals surface area contributed by atoms with Crippen LogP contribution in [0.4, 0.5) is 5.69 Å². The van der Waals surface area contributed by atoms with Gasteiger partial charge >= 0.3 is 5.97 Å². The molecule has 2 aromatic heterocycles. The molecule has 2 aliphatic rings. The molecule has 2 aromatic carbocycles. The van der Waals surface area contributed by atoms with Crippen LogP contribution in [-0.4, -0.2) is 55.3 Å². The molecule has 2 atom stereocenters. The quantitative estimate of drug-likeness (QED) is 0.321. The molecule has 2 N–H and O–H groups in total. The number of carbonyl (C=O) groups is 1. The van der Waals surface area contributed by atoms with Gasteiger partial charge in [0.15, 0.2) is 5.82 Å². The number of anilines is 1. The fourth-order valence-corrected chi connectivity index (χ4v) is 7.20. The van der Waals surface area contributed by atoms with Crippen molar-refractivity contribution in [2.45, 2.75) is 58.6 Å². The number of aliphatic imine (C=N–C) groups is 1. The molecule has 6 rings (SSSR count). The summed E-state index contributed by atoms with van der Waals surface area (Å²) in [6.45, 7) is 9.33. The lowest BCUT2D eigenvalue weighted by atomic mass is 9.85. The summed E-state index contributed by atoms with van der Waals surface area (Å²) < 4.78 is 1.99. The van der Waals surface area contributed by atoms with Gasteiger partial charge in [-0.1, -0.05) is 42.5 Å². The number of hydrogen-bond donors (Lipinski definition) is 2. The first kappa shape index (κ1) is 27.4. The number of aryl methyl sites for hydroxylation is 2. The lowest BCUT2D eigenvalue weighted by molar-refractivity contribution is -0.141. The zero-order valence-electron chi connectivity index (χ0n) is 23.8. The van der Waals surface area contributed by atoms with Crippen molar-refractivity contribution in [3.8, 4) is 5.00 Å². The van der Waals surface area contributed by atoms with Gasteiger partial charge in [0.1, 0.15) is 16.9 Å². The first-order valence-electron chi connectivity index (χ1n) is 14.1. The number of carboxylic acid groups (broad SMARTS) is 1. The highest BCUT2D eigenvalue weighted by molar-refractivity contribution is 7.15. The molecule has 2 aliphatic heterocycles. The van der Waals surface area contributed by atoms with Gasteiger partial charge in [-0.15, -0.1) is 21.5 Å². The number of piperidine rings is 1. The number of rotatable bonds is 6. The second-order valence-electron chi connectivity index (χ2n) is 11.4. The minimum atomic E-state index is -0.920. The second-order valence-corrected chi connectivity index (χ2v) is 12.6. The van der Waals surface area contributed by atoms with Gasteiger partial charge in [0, 0.05) is 41.2 Å². The molecular formula is C32H35N5O3S. The summed E-state index contributed by atoms with van der Waals surface area (Å²) >= 11 is 1.66. The van der Waals surface area contributed by atoms with Crippen molar-refractivity contribution in [3.05, 3.63) is 93.4 Å². The smallest absolute Gasteiger partial charge is 0.308 e. The molecule has 0 bridgehead atoms. The Morgan fingerprint density at radius 1 is 1.05 bits per heavy atom. The van der Waals surface area contributed by atoms with E-state index in [0.29, 0.717) is 30.9 Å². The molecule has 1 saturated heterocycles. The third kappa shape index (κ3) is 4.97. The van der Waals surface area contributed by atoms with Gasteiger partial charge in [0.25, 0.3) is 0 Å². The summed E-state index contributed by atoms with van der Waals surface area (Å²) in [5.41, 5.74) is 5.44. The van der Waals surface area contributed by atoms with Crippen LogP contribution in [-0.2, 0) is 11.2 Å². The maximum Gasteiger partial charge on any atom is 0.308 e. The van der Waals surface area contributed by atoms with E-state index in [-0.39, 0.29) is 0 Å². The van der Waals surface area contributed by atoms with Gasteiger partial charge in [-0.25, -0.2) is 0 Å². The van der Waals surface area contributed by atoms with Crippen LogP contribution in [0.25, 0.3) is 5.00 Å². The van der Waals surface area contributed by atoms with Gasteiger partial charge in [0.2, 0.25) is 0 Å². The summed E-state index contributed by atoms with van der Waals surface area (Å²) in [7, 11) is 0. The van der Waals surface area contributed by atoms with E-state index >= 15 is 0 Å². The highest BCUT2D eigenvalue weighted by Gasteiger charge is 2.36. The minimum absolute atomic E-state index is 0.558. The van der Waals surface area contributed by atoms with Gasteiger partial charge < -0.3 is 15.1 Å². The molecule has 8 nitrogen and oxygen atoms in total. The maximum absolute atomic E-state index is 12.1. The normalized spacial score (nSPS) is 18.7. The molecule has 212 valence electrons. The molecule has 9 heteroatoms. The molecule has 1 unspecified atom stereocenters. The molecule has 0 aliphatic carbocycles. The van der Waals surface area contributed by atoms with E-state index in [2.05, 4.69) is 65.3 Å². The van der Waals surface area contributed by atoms with Crippen LogP contribution in [0.2, 0.25) is 0 Å². The average molecular weight is 570 g/mol. The third-order valence-corrected chi connectivity index (χ3v) is 9.82. The Hall–Kier alpha value is -3.82. The van der Waals surface area contributed by atoms with Crippen LogP contribution < -0.4 is 4.90 Å². The van der Waals surface area contributed by atoms with Crippen LogP contribution in [0, 0.1) is 26.7 Å². The fourth-order valence-electron chi connectivity index (χ4n) is 5.98. The van der Waals surface area contributed by atoms with E-state index < -0.39 is 23.5 Å². The number of carboxylic acids is 1. The molecule has 41 heavy (non-hydrogen) atoms. The lowest BCUT2D eigenvalue weighted by Gasteiger charge is -2.39. The molecule has 0 amide bonds. The summed E-state index contributed by atoms with van der Waals surface area (Å²) in [5, 5.41) is 30.9. The van der Waals surface area contributed by atoms with Crippen molar-refractivity contribution in [2.75, 3.05) is 18.0 Å².